The number of nitrogens with one attached hydrogen (secondary N) is 1. The zero-order chi connectivity index (χ0) is 13.7. The first kappa shape index (κ1) is 14.0. The van der Waals surface area contributed by atoms with E-state index in [4.69, 9.17) is 4.74 Å². The van der Waals surface area contributed by atoms with Gasteiger partial charge < -0.3 is 10.1 Å². The molecule has 1 heterocycles. The van der Waals surface area contributed by atoms with Gasteiger partial charge in [0.15, 0.2) is 0 Å². The quantitative estimate of drug-likeness (QED) is 0.916. The third kappa shape index (κ3) is 4.01. The van der Waals surface area contributed by atoms with Crippen molar-refractivity contribution in [1.29, 1.82) is 0 Å². The van der Waals surface area contributed by atoms with Crippen LogP contribution in [0.25, 0.3) is 0 Å². The molecule has 0 aliphatic heterocycles. The maximum absolute atomic E-state index is 5.66. The van der Waals surface area contributed by atoms with Crippen molar-refractivity contribution in [2.24, 2.45) is 0 Å². The number of aryl methyl sites for hydroxylation is 1. The van der Waals surface area contributed by atoms with Crippen LogP contribution in [0.15, 0.2) is 34.8 Å². The number of hydrogen-bond donors (Lipinski definition) is 1. The van der Waals surface area contributed by atoms with Crippen LogP contribution in [-0.4, -0.2) is 16.7 Å². The third-order valence-electron chi connectivity index (χ3n) is 2.60. The largest absolute Gasteiger partial charge is 0.438 e. The van der Waals surface area contributed by atoms with Crippen LogP contribution in [-0.2, 0) is 6.54 Å². The number of ether oxygens (including phenoxy) is 1. The summed E-state index contributed by atoms with van der Waals surface area (Å²) in [6, 6.07) is 9.55. The molecule has 0 spiro atoms. The number of nitrogens with zero attached hydrogens (tertiary/aromatic N) is 2. The van der Waals surface area contributed by atoms with Gasteiger partial charge in [-0.05, 0) is 43.3 Å². The minimum absolute atomic E-state index is 0.502. The topological polar surface area (TPSA) is 47.0 Å². The van der Waals surface area contributed by atoms with Crippen LogP contribution in [0.5, 0.6) is 11.6 Å². The molecule has 0 saturated heterocycles. The molecular formula is C14H16BrN3O. The van der Waals surface area contributed by atoms with Crippen LogP contribution in [0.3, 0.4) is 0 Å². The standard InChI is InChI=1S/C14H16BrN3O/c1-3-16-9-11-4-7-14(18-17-11)19-12-5-6-13(15)10(2)8-12/h4-8,16H,3,9H2,1-2H3. The molecule has 0 amide bonds. The molecule has 0 saturated carbocycles. The number of rotatable bonds is 5. The Hall–Kier alpha value is -1.46. The summed E-state index contributed by atoms with van der Waals surface area (Å²) < 4.78 is 6.72. The van der Waals surface area contributed by atoms with E-state index in [0.29, 0.717) is 5.88 Å². The Kier molecular flexibility index (Phi) is 4.87. The molecule has 0 unspecified atom stereocenters. The average molecular weight is 322 g/mol. The molecule has 1 N–H and O–H groups in total. The van der Waals surface area contributed by atoms with Crippen molar-refractivity contribution < 1.29 is 4.74 Å². The van der Waals surface area contributed by atoms with Gasteiger partial charge in [0, 0.05) is 17.1 Å². The number of hydrogen-bond acceptors (Lipinski definition) is 4. The fraction of sp³-hybridized carbons (Fsp3) is 0.286. The Morgan fingerprint density at radius 2 is 2.05 bits per heavy atom. The lowest BCUT2D eigenvalue weighted by Gasteiger charge is -2.06. The highest BCUT2D eigenvalue weighted by atomic mass is 79.9. The van der Waals surface area contributed by atoms with E-state index in [2.05, 4.69) is 38.4 Å². The van der Waals surface area contributed by atoms with E-state index in [1.807, 2.05) is 37.3 Å². The van der Waals surface area contributed by atoms with Crippen LogP contribution in [0.2, 0.25) is 0 Å². The SMILES string of the molecule is CCNCc1ccc(Oc2ccc(Br)c(C)c2)nn1. The molecule has 1 aromatic carbocycles. The van der Waals surface area contributed by atoms with Gasteiger partial charge in [-0.15, -0.1) is 5.10 Å². The highest BCUT2D eigenvalue weighted by Gasteiger charge is 2.02. The zero-order valence-electron chi connectivity index (χ0n) is 11.0. The molecule has 0 fully saturated rings. The van der Waals surface area contributed by atoms with Gasteiger partial charge in [0.25, 0.3) is 0 Å². The zero-order valence-corrected chi connectivity index (χ0v) is 12.6. The summed E-state index contributed by atoms with van der Waals surface area (Å²) in [4.78, 5) is 0. The van der Waals surface area contributed by atoms with Gasteiger partial charge in [0.1, 0.15) is 5.75 Å². The van der Waals surface area contributed by atoms with Gasteiger partial charge in [-0.1, -0.05) is 22.9 Å². The predicted molar refractivity (Wildman–Crippen MR) is 78.4 cm³/mol. The van der Waals surface area contributed by atoms with Crippen LogP contribution in [0, 0.1) is 6.92 Å². The lowest BCUT2D eigenvalue weighted by atomic mass is 10.2. The Balaban J connectivity index is 2.04. The molecule has 4 nitrogen and oxygen atoms in total. The Morgan fingerprint density at radius 1 is 1.21 bits per heavy atom. The third-order valence-corrected chi connectivity index (χ3v) is 3.49. The van der Waals surface area contributed by atoms with Crippen LogP contribution in [0.4, 0.5) is 0 Å². The Labute approximate surface area is 121 Å². The summed E-state index contributed by atoms with van der Waals surface area (Å²) in [5, 5.41) is 11.4. The fourth-order valence-corrected chi connectivity index (χ4v) is 1.80. The smallest absolute Gasteiger partial charge is 0.238 e. The molecule has 0 atom stereocenters. The molecule has 0 radical (unpaired) electrons. The Morgan fingerprint density at radius 3 is 2.68 bits per heavy atom. The number of halogens is 1. The maximum atomic E-state index is 5.66. The van der Waals surface area contributed by atoms with Gasteiger partial charge in [0.05, 0.1) is 5.69 Å². The average Bonchev–Trinajstić information content (AvgIpc) is 2.42. The van der Waals surface area contributed by atoms with Crippen molar-refractivity contribution in [2.45, 2.75) is 20.4 Å². The van der Waals surface area contributed by atoms with Crippen LogP contribution < -0.4 is 10.1 Å². The lowest BCUT2D eigenvalue weighted by Crippen LogP contribution is -2.13. The molecule has 1 aromatic heterocycles. The van der Waals surface area contributed by atoms with Gasteiger partial charge >= 0.3 is 0 Å². The van der Waals surface area contributed by atoms with Crippen molar-refractivity contribution in [1.82, 2.24) is 15.5 Å². The van der Waals surface area contributed by atoms with Crippen molar-refractivity contribution in [3.05, 3.63) is 46.1 Å². The molecule has 100 valence electrons. The summed E-state index contributed by atoms with van der Waals surface area (Å²) in [6.45, 7) is 5.71. The van der Waals surface area contributed by atoms with Crippen LogP contribution >= 0.6 is 15.9 Å². The second-order valence-corrected chi connectivity index (χ2v) is 5.01. The first-order chi connectivity index (χ1) is 9.19. The lowest BCUT2D eigenvalue weighted by molar-refractivity contribution is 0.453. The van der Waals surface area contributed by atoms with Crippen molar-refractivity contribution in [2.75, 3.05) is 6.54 Å². The van der Waals surface area contributed by atoms with Gasteiger partial charge in [0.2, 0.25) is 5.88 Å². The van der Waals surface area contributed by atoms with E-state index < -0.39 is 0 Å². The van der Waals surface area contributed by atoms with E-state index in [1.165, 1.54) is 0 Å². The molecule has 0 bridgehead atoms. The second-order valence-electron chi connectivity index (χ2n) is 4.16. The first-order valence-electron chi connectivity index (χ1n) is 6.16. The normalized spacial score (nSPS) is 10.5. The first-order valence-corrected chi connectivity index (χ1v) is 6.95. The summed E-state index contributed by atoms with van der Waals surface area (Å²) >= 11 is 3.46. The monoisotopic (exact) mass is 321 g/mol. The second kappa shape index (κ2) is 6.63. The molecule has 0 aliphatic carbocycles. The molecular weight excluding hydrogens is 306 g/mol. The number of aromatic nitrogens is 2. The summed E-state index contributed by atoms with van der Waals surface area (Å²) in [5.41, 5.74) is 2.02. The molecule has 0 aliphatic rings. The highest BCUT2D eigenvalue weighted by Crippen LogP contribution is 2.24. The van der Waals surface area contributed by atoms with E-state index in [-0.39, 0.29) is 0 Å². The maximum Gasteiger partial charge on any atom is 0.238 e. The fourth-order valence-electron chi connectivity index (χ4n) is 1.55. The van der Waals surface area contributed by atoms with Crippen molar-refractivity contribution in [3.8, 4) is 11.6 Å². The molecule has 2 aromatic rings. The van der Waals surface area contributed by atoms with E-state index in [9.17, 15) is 0 Å². The summed E-state index contributed by atoms with van der Waals surface area (Å²) in [7, 11) is 0. The van der Waals surface area contributed by atoms with E-state index in [1.54, 1.807) is 0 Å². The van der Waals surface area contributed by atoms with Crippen molar-refractivity contribution >= 4 is 15.9 Å². The van der Waals surface area contributed by atoms with Gasteiger partial charge in [-0.2, -0.15) is 5.10 Å². The minimum atomic E-state index is 0.502. The Bertz CT molecular complexity index is 543. The minimum Gasteiger partial charge on any atom is -0.438 e. The van der Waals surface area contributed by atoms with E-state index in [0.717, 1.165) is 34.6 Å². The van der Waals surface area contributed by atoms with E-state index >= 15 is 0 Å². The number of benzene rings is 1. The summed E-state index contributed by atoms with van der Waals surface area (Å²) in [6.07, 6.45) is 0. The summed E-state index contributed by atoms with van der Waals surface area (Å²) in [5.74, 6) is 1.26. The van der Waals surface area contributed by atoms with Crippen molar-refractivity contribution in [3.63, 3.8) is 0 Å². The predicted octanol–water partition coefficient (Wildman–Crippen LogP) is 3.45. The molecule has 19 heavy (non-hydrogen) atoms. The van der Waals surface area contributed by atoms with Gasteiger partial charge in [-0.25, -0.2) is 0 Å². The molecule has 2 rings (SSSR count). The highest BCUT2D eigenvalue weighted by molar-refractivity contribution is 9.10. The van der Waals surface area contributed by atoms with Gasteiger partial charge in [-0.3, -0.25) is 0 Å². The van der Waals surface area contributed by atoms with Crippen LogP contribution in [0.1, 0.15) is 18.2 Å². The molecule has 5 heteroatoms.